The molecule has 14 heavy (non-hydrogen) atoms. The third kappa shape index (κ3) is 2.47. The van der Waals surface area contributed by atoms with Crippen LogP contribution in [0.5, 0.6) is 0 Å². The van der Waals surface area contributed by atoms with Crippen molar-refractivity contribution in [3.05, 3.63) is 33.0 Å². The van der Waals surface area contributed by atoms with Gasteiger partial charge in [0.25, 0.3) is 0 Å². The molecule has 0 aliphatic rings. The standard InChI is InChI=1S/C10H11BrClFO/c1-5(2)10(14)6-3-7(11)9(13)4-8(6)12/h3-5,10,14H,1-2H3. The molecule has 78 valence electrons. The van der Waals surface area contributed by atoms with Crippen LogP contribution in [0.2, 0.25) is 5.02 Å². The lowest BCUT2D eigenvalue weighted by Gasteiger charge is -2.16. The Morgan fingerprint density at radius 3 is 2.50 bits per heavy atom. The lowest BCUT2D eigenvalue weighted by atomic mass is 9.99. The summed E-state index contributed by atoms with van der Waals surface area (Å²) in [7, 11) is 0. The van der Waals surface area contributed by atoms with Crippen molar-refractivity contribution in [3.8, 4) is 0 Å². The van der Waals surface area contributed by atoms with Crippen molar-refractivity contribution in [1.82, 2.24) is 0 Å². The second kappa shape index (κ2) is 4.60. The van der Waals surface area contributed by atoms with Crippen LogP contribution in [0.25, 0.3) is 0 Å². The lowest BCUT2D eigenvalue weighted by Crippen LogP contribution is -2.06. The van der Waals surface area contributed by atoms with E-state index >= 15 is 0 Å². The van der Waals surface area contributed by atoms with Gasteiger partial charge in [0.15, 0.2) is 0 Å². The summed E-state index contributed by atoms with van der Waals surface area (Å²) in [5.74, 6) is -0.375. The minimum Gasteiger partial charge on any atom is -0.388 e. The molecule has 1 nitrogen and oxygen atoms in total. The van der Waals surface area contributed by atoms with E-state index in [0.29, 0.717) is 10.0 Å². The van der Waals surface area contributed by atoms with E-state index in [1.54, 1.807) is 0 Å². The summed E-state index contributed by atoms with van der Waals surface area (Å²) in [5, 5.41) is 10.0. The van der Waals surface area contributed by atoms with E-state index < -0.39 is 11.9 Å². The minimum atomic E-state index is -0.667. The second-order valence-electron chi connectivity index (χ2n) is 3.48. The molecule has 1 aromatic carbocycles. The van der Waals surface area contributed by atoms with Gasteiger partial charge in [-0.1, -0.05) is 25.4 Å². The molecule has 1 rings (SSSR count). The first-order valence-corrected chi connectivity index (χ1v) is 5.43. The average molecular weight is 282 g/mol. The van der Waals surface area contributed by atoms with Gasteiger partial charge in [-0.15, -0.1) is 0 Å². The number of aliphatic hydroxyl groups is 1. The summed E-state index contributed by atoms with van der Waals surface area (Å²) in [6, 6.07) is 2.72. The number of hydrogen-bond donors (Lipinski definition) is 1. The van der Waals surface area contributed by atoms with Crippen molar-refractivity contribution in [2.24, 2.45) is 5.92 Å². The third-order valence-electron chi connectivity index (χ3n) is 1.99. The fraction of sp³-hybridized carbons (Fsp3) is 0.400. The smallest absolute Gasteiger partial charge is 0.138 e. The highest BCUT2D eigenvalue weighted by molar-refractivity contribution is 9.10. The quantitative estimate of drug-likeness (QED) is 0.814. The third-order valence-corrected chi connectivity index (χ3v) is 2.92. The van der Waals surface area contributed by atoms with Gasteiger partial charge < -0.3 is 5.11 Å². The zero-order chi connectivity index (χ0) is 10.9. The number of halogens is 3. The molecule has 0 amide bonds. The summed E-state index contributed by atoms with van der Waals surface area (Å²) in [5.41, 5.74) is 0.551. The van der Waals surface area contributed by atoms with Gasteiger partial charge in [0.05, 0.1) is 10.6 Å². The molecule has 0 aliphatic carbocycles. The number of hydrogen-bond acceptors (Lipinski definition) is 1. The highest BCUT2D eigenvalue weighted by Crippen LogP contribution is 2.32. The SMILES string of the molecule is CC(C)C(O)c1cc(Br)c(F)cc1Cl. The minimum absolute atomic E-state index is 0.0462. The summed E-state index contributed by atoms with van der Waals surface area (Å²) in [6.45, 7) is 3.75. The monoisotopic (exact) mass is 280 g/mol. The van der Waals surface area contributed by atoms with Crippen LogP contribution in [-0.2, 0) is 0 Å². The average Bonchev–Trinajstić information content (AvgIpc) is 2.10. The first-order valence-electron chi connectivity index (χ1n) is 4.26. The number of rotatable bonds is 2. The maximum absolute atomic E-state index is 13.0. The van der Waals surface area contributed by atoms with Crippen LogP contribution in [-0.4, -0.2) is 5.11 Å². The first kappa shape index (κ1) is 12.0. The topological polar surface area (TPSA) is 20.2 Å². The molecule has 1 atom stereocenters. The zero-order valence-corrected chi connectivity index (χ0v) is 10.2. The predicted molar refractivity (Wildman–Crippen MR) is 58.9 cm³/mol. The first-order chi connectivity index (χ1) is 6.43. The highest BCUT2D eigenvalue weighted by Gasteiger charge is 2.17. The Kier molecular flexibility index (Phi) is 3.93. The van der Waals surface area contributed by atoms with Crippen LogP contribution in [0.3, 0.4) is 0 Å². The summed E-state index contributed by atoms with van der Waals surface area (Å²) in [6.07, 6.45) is -0.667. The Hall–Kier alpha value is -0.120. The molecule has 0 bridgehead atoms. The largest absolute Gasteiger partial charge is 0.388 e. The summed E-state index contributed by atoms with van der Waals surface area (Å²) >= 11 is 8.87. The fourth-order valence-corrected chi connectivity index (χ4v) is 1.75. The predicted octanol–water partition coefficient (Wildman–Crippen LogP) is 3.93. The van der Waals surface area contributed by atoms with E-state index in [9.17, 15) is 9.50 Å². The van der Waals surface area contributed by atoms with Crippen molar-refractivity contribution in [2.45, 2.75) is 20.0 Å². The molecule has 0 heterocycles. The maximum Gasteiger partial charge on any atom is 0.138 e. The van der Waals surface area contributed by atoms with Gasteiger partial charge in [0.2, 0.25) is 0 Å². The van der Waals surface area contributed by atoms with E-state index in [2.05, 4.69) is 15.9 Å². The van der Waals surface area contributed by atoms with Crippen molar-refractivity contribution < 1.29 is 9.50 Å². The van der Waals surface area contributed by atoms with E-state index in [-0.39, 0.29) is 10.9 Å². The van der Waals surface area contributed by atoms with Crippen molar-refractivity contribution >= 4 is 27.5 Å². The van der Waals surface area contributed by atoms with Crippen LogP contribution in [0.4, 0.5) is 4.39 Å². The van der Waals surface area contributed by atoms with Crippen LogP contribution in [0.1, 0.15) is 25.5 Å². The fourth-order valence-electron chi connectivity index (χ4n) is 1.12. The van der Waals surface area contributed by atoms with Crippen LogP contribution >= 0.6 is 27.5 Å². The molecule has 0 saturated heterocycles. The van der Waals surface area contributed by atoms with Gasteiger partial charge in [0.1, 0.15) is 5.82 Å². The van der Waals surface area contributed by atoms with Crippen LogP contribution in [0, 0.1) is 11.7 Å². The maximum atomic E-state index is 13.0. The molecule has 0 spiro atoms. The molecular weight excluding hydrogens is 270 g/mol. The van der Waals surface area contributed by atoms with Crippen LogP contribution in [0.15, 0.2) is 16.6 Å². The Labute approximate surface area is 96.0 Å². The molecule has 1 unspecified atom stereocenters. The van der Waals surface area contributed by atoms with Gasteiger partial charge in [0, 0.05) is 10.6 Å². The molecule has 0 fully saturated rings. The van der Waals surface area contributed by atoms with Crippen LogP contribution < -0.4 is 0 Å². The normalized spacial score (nSPS) is 13.4. The molecule has 0 saturated carbocycles. The van der Waals surface area contributed by atoms with Gasteiger partial charge >= 0.3 is 0 Å². The summed E-state index contributed by atoms with van der Waals surface area (Å²) in [4.78, 5) is 0. The molecule has 0 radical (unpaired) electrons. The van der Waals surface area contributed by atoms with E-state index in [1.165, 1.54) is 12.1 Å². The zero-order valence-electron chi connectivity index (χ0n) is 7.89. The molecule has 0 aliphatic heterocycles. The Balaban J connectivity index is 3.15. The Bertz CT molecular complexity index is 341. The van der Waals surface area contributed by atoms with Gasteiger partial charge in [-0.3, -0.25) is 0 Å². The summed E-state index contributed by atoms with van der Waals surface area (Å²) < 4.78 is 13.3. The van der Waals surface area contributed by atoms with Crippen molar-refractivity contribution in [1.29, 1.82) is 0 Å². The van der Waals surface area contributed by atoms with Crippen molar-refractivity contribution in [2.75, 3.05) is 0 Å². The Morgan fingerprint density at radius 2 is 2.00 bits per heavy atom. The molecule has 1 aromatic rings. The van der Waals surface area contributed by atoms with Gasteiger partial charge in [-0.05, 0) is 34.0 Å². The molecule has 1 N–H and O–H groups in total. The number of benzene rings is 1. The van der Waals surface area contributed by atoms with Gasteiger partial charge in [-0.2, -0.15) is 0 Å². The van der Waals surface area contributed by atoms with Crippen molar-refractivity contribution in [3.63, 3.8) is 0 Å². The molecular formula is C10H11BrClFO. The highest BCUT2D eigenvalue weighted by atomic mass is 79.9. The lowest BCUT2D eigenvalue weighted by molar-refractivity contribution is 0.127. The van der Waals surface area contributed by atoms with E-state index in [1.807, 2.05) is 13.8 Å². The second-order valence-corrected chi connectivity index (χ2v) is 4.74. The number of aliphatic hydroxyl groups excluding tert-OH is 1. The van der Waals surface area contributed by atoms with Gasteiger partial charge in [-0.25, -0.2) is 4.39 Å². The van der Waals surface area contributed by atoms with E-state index in [4.69, 9.17) is 11.6 Å². The Morgan fingerprint density at radius 1 is 1.43 bits per heavy atom. The molecule has 0 aromatic heterocycles. The molecule has 4 heteroatoms. The van der Waals surface area contributed by atoms with E-state index in [0.717, 1.165) is 0 Å².